The summed E-state index contributed by atoms with van der Waals surface area (Å²) in [4.78, 5) is 4.74. The van der Waals surface area contributed by atoms with E-state index in [0.717, 1.165) is 29.7 Å². The Labute approximate surface area is 140 Å². The quantitative estimate of drug-likeness (QED) is 0.537. The smallest absolute Gasteiger partial charge is 0.129 e. The van der Waals surface area contributed by atoms with E-state index >= 15 is 0 Å². The van der Waals surface area contributed by atoms with Gasteiger partial charge < -0.3 is 4.57 Å². The Kier molecular flexibility index (Phi) is 4.97. The summed E-state index contributed by atoms with van der Waals surface area (Å²) in [7, 11) is 0. The summed E-state index contributed by atoms with van der Waals surface area (Å²) in [6.45, 7) is 2.59. The molecule has 0 bridgehead atoms. The third-order valence-electron chi connectivity index (χ3n) is 4.12. The van der Waals surface area contributed by atoms with Gasteiger partial charge in [-0.25, -0.2) is 9.37 Å². The lowest BCUT2D eigenvalue weighted by molar-refractivity contribution is 0.593. The van der Waals surface area contributed by atoms with Gasteiger partial charge in [-0.1, -0.05) is 49.6 Å². The van der Waals surface area contributed by atoms with Crippen molar-refractivity contribution in [2.75, 3.05) is 0 Å². The average molecular weight is 331 g/mol. The summed E-state index contributed by atoms with van der Waals surface area (Å²) >= 11 is 6.20. The molecule has 0 fully saturated rings. The molecule has 0 saturated heterocycles. The van der Waals surface area contributed by atoms with Crippen molar-refractivity contribution in [3.05, 3.63) is 64.7 Å². The Morgan fingerprint density at radius 2 is 1.91 bits per heavy atom. The Bertz CT molecular complexity index is 790. The molecule has 0 spiro atoms. The van der Waals surface area contributed by atoms with Gasteiger partial charge in [-0.3, -0.25) is 0 Å². The van der Waals surface area contributed by atoms with Crippen LogP contribution in [0.2, 0.25) is 5.02 Å². The maximum Gasteiger partial charge on any atom is 0.129 e. The molecule has 1 heterocycles. The predicted molar refractivity (Wildman–Crippen MR) is 93.5 cm³/mol. The number of fused-ring (bicyclic) bond motifs is 1. The second kappa shape index (κ2) is 7.14. The van der Waals surface area contributed by atoms with Crippen LogP contribution in [0.1, 0.15) is 37.6 Å². The van der Waals surface area contributed by atoms with E-state index in [4.69, 9.17) is 16.6 Å². The molecule has 0 aliphatic rings. The average Bonchev–Trinajstić information content (AvgIpc) is 2.89. The molecule has 0 unspecified atom stereocenters. The molecule has 0 atom stereocenters. The molecule has 0 radical (unpaired) electrons. The van der Waals surface area contributed by atoms with Crippen molar-refractivity contribution >= 4 is 22.6 Å². The lowest BCUT2D eigenvalue weighted by atomic mass is 10.2. The lowest BCUT2D eigenvalue weighted by Gasteiger charge is -2.11. The largest absolute Gasteiger partial charge is 0.323 e. The third-order valence-corrected chi connectivity index (χ3v) is 4.47. The minimum absolute atomic E-state index is 0.269. The first-order chi connectivity index (χ1) is 11.2. The highest BCUT2D eigenvalue weighted by Gasteiger charge is 2.14. The first-order valence-electron chi connectivity index (χ1n) is 8.07. The summed E-state index contributed by atoms with van der Waals surface area (Å²) in [6.07, 6.45) is 4.32. The van der Waals surface area contributed by atoms with Crippen LogP contribution in [0.4, 0.5) is 4.39 Å². The molecule has 1 aromatic heterocycles. The first kappa shape index (κ1) is 16.0. The van der Waals surface area contributed by atoms with E-state index < -0.39 is 0 Å². The van der Waals surface area contributed by atoms with Gasteiger partial charge in [0.15, 0.2) is 0 Å². The van der Waals surface area contributed by atoms with Crippen LogP contribution < -0.4 is 0 Å². The molecule has 3 aromatic rings. The van der Waals surface area contributed by atoms with Crippen molar-refractivity contribution in [1.82, 2.24) is 9.55 Å². The fourth-order valence-electron chi connectivity index (χ4n) is 2.87. The number of para-hydroxylation sites is 2. The van der Waals surface area contributed by atoms with Crippen LogP contribution in [-0.2, 0) is 13.0 Å². The monoisotopic (exact) mass is 330 g/mol. The van der Waals surface area contributed by atoms with Crippen molar-refractivity contribution in [3.63, 3.8) is 0 Å². The van der Waals surface area contributed by atoms with Gasteiger partial charge in [-0.2, -0.15) is 0 Å². The van der Waals surface area contributed by atoms with Gasteiger partial charge >= 0.3 is 0 Å². The van der Waals surface area contributed by atoms with Crippen molar-refractivity contribution in [2.24, 2.45) is 0 Å². The number of nitrogens with zero attached hydrogens (tertiary/aromatic N) is 2. The van der Waals surface area contributed by atoms with Crippen LogP contribution >= 0.6 is 11.6 Å². The van der Waals surface area contributed by atoms with Crippen molar-refractivity contribution in [3.8, 4) is 0 Å². The maximum atomic E-state index is 14.2. The second-order valence-corrected chi connectivity index (χ2v) is 6.17. The number of aryl methyl sites for hydroxylation is 1. The van der Waals surface area contributed by atoms with Gasteiger partial charge in [0.2, 0.25) is 0 Å². The fraction of sp³-hybridized carbons (Fsp3) is 0.316. The molecule has 0 aliphatic carbocycles. The normalized spacial score (nSPS) is 11.3. The molecule has 0 saturated carbocycles. The van der Waals surface area contributed by atoms with E-state index in [1.54, 1.807) is 12.1 Å². The molecule has 0 aliphatic heterocycles. The van der Waals surface area contributed by atoms with Crippen molar-refractivity contribution in [2.45, 2.75) is 39.2 Å². The highest BCUT2D eigenvalue weighted by atomic mass is 35.5. The first-order valence-corrected chi connectivity index (χ1v) is 8.45. The predicted octanol–water partition coefficient (Wildman–Crippen LogP) is 5.61. The number of hydrogen-bond donors (Lipinski definition) is 0. The molecule has 120 valence electrons. The van der Waals surface area contributed by atoms with E-state index in [-0.39, 0.29) is 5.82 Å². The van der Waals surface area contributed by atoms with Crippen LogP contribution in [0.15, 0.2) is 42.5 Å². The maximum absolute atomic E-state index is 14.2. The van der Waals surface area contributed by atoms with E-state index in [1.165, 1.54) is 18.9 Å². The molecule has 0 N–H and O–H groups in total. The zero-order valence-electron chi connectivity index (χ0n) is 13.2. The second-order valence-electron chi connectivity index (χ2n) is 5.76. The highest BCUT2D eigenvalue weighted by Crippen LogP contribution is 2.24. The number of rotatable bonds is 6. The van der Waals surface area contributed by atoms with Crippen LogP contribution in [0, 0.1) is 5.82 Å². The number of unbranched alkanes of at least 4 members (excludes halogenated alkanes) is 2. The fourth-order valence-corrected chi connectivity index (χ4v) is 3.09. The Morgan fingerprint density at radius 3 is 2.70 bits per heavy atom. The molecule has 0 amide bonds. The molecule has 2 aromatic carbocycles. The van der Waals surface area contributed by atoms with Crippen molar-refractivity contribution in [1.29, 1.82) is 0 Å². The molecular weight excluding hydrogens is 311 g/mol. The van der Waals surface area contributed by atoms with Crippen molar-refractivity contribution < 1.29 is 4.39 Å². The zero-order valence-corrected chi connectivity index (χ0v) is 14.0. The molecule has 3 rings (SSSR count). The summed E-state index contributed by atoms with van der Waals surface area (Å²) in [5.74, 6) is 0.730. The van der Waals surface area contributed by atoms with E-state index in [2.05, 4.69) is 11.5 Å². The van der Waals surface area contributed by atoms with E-state index in [0.29, 0.717) is 17.1 Å². The minimum Gasteiger partial charge on any atom is -0.323 e. The minimum atomic E-state index is -0.269. The number of halogens is 2. The molecule has 23 heavy (non-hydrogen) atoms. The Hall–Kier alpha value is -1.87. The van der Waals surface area contributed by atoms with Crippen LogP contribution in [0.5, 0.6) is 0 Å². The topological polar surface area (TPSA) is 17.8 Å². The highest BCUT2D eigenvalue weighted by molar-refractivity contribution is 6.31. The molecule has 4 heteroatoms. The zero-order chi connectivity index (χ0) is 16.2. The number of hydrogen-bond acceptors (Lipinski definition) is 1. The summed E-state index contributed by atoms with van der Waals surface area (Å²) in [5, 5.41) is 0.460. The van der Waals surface area contributed by atoms with Gasteiger partial charge in [0, 0.05) is 17.0 Å². The Balaban J connectivity index is 2.02. The van der Waals surface area contributed by atoms with Gasteiger partial charge in [0.05, 0.1) is 17.6 Å². The van der Waals surface area contributed by atoms with Crippen LogP contribution in [-0.4, -0.2) is 9.55 Å². The third kappa shape index (κ3) is 3.40. The summed E-state index contributed by atoms with van der Waals surface area (Å²) in [5.41, 5.74) is 2.50. The SMILES string of the molecule is CCCCCc1nc2ccccc2n1Cc1c(F)cccc1Cl. The van der Waals surface area contributed by atoms with Gasteiger partial charge in [0.25, 0.3) is 0 Å². The molecule has 2 nitrogen and oxygen atoms in total. The van der Waals surface area contributed by atoms with Gasteiger partial charge in [0.1, 0.15) is 11.6 Å². The Morgan fingerprint density at radius 1 is 1.09 bits per heavy atom. The van der Waals surface area contributed by atoms with Crippen LogP contribution in [0.3, 0.4) is 0 Å². The van der Waals surface area contributed by atoms with Gasteiger partial charge in [-0.05, 0) is 30.7 Å². The van der Waals surface area contributed by atoms with Gasteiger partial charge in [-0.15, -0.1) is 0 Å². The van der Waals surface area contributed by atoms with E-state index in [1.807, 2.05) is 24.3 Å². The van der Waals surface area contributed by atoms with Crippen LogP contribution in [0.25, 0.3) is 11.0 Å². The summed E-state index contributed by atoms with van der Waals surface area (Å²) in [6, 6.07) is 12.8. The lowest BCUT2D eigenvalue weighted by Crippen LogP contribution is -2.07. The molecular formula is C19H20ClFN2. The number of benzene rings is 2. The standard InChI is InChI=1S/C19H20ClFN2/c1-2-3-4-12-19-22-17-10-5-6-11-18(17)23(19)13-14-15(20)8-7-9-16(14)21/h5-11H,2-4,12-13H2,1H3. The number of imidazole rings is 1. The van der Waals surface area contributed by atoms with E-state index in [9.17, 15) is 4.39 Å². The number of aromatic nitrogens is 2. The summed E-state index contributed by atoms with van der Waals surface area (Å²) < 4.78 is 16.3.